The lowest BCUT2D eigenvalue weighted by molar-refractivity contribution is -0.118. The molecule has 1 aliphatic rings. The van der Waals surface area contributed by atoms with Crippen molar-refractivity contribution in [3.05, 3.63) is 101 Å². The zero-order valence-corrected chi connectivity index (χ0v) is 23.5. The van der Waals surface area contributed by atoms with Gasteiger partial charge in [0.2, 0.25) is 10.0 Å². The Morgan fingerprint density at radius 3 is 2.48 bits per heavy atom. The molecule has 0 saturated heterocycles. The maximum absolute atomic E-state index is 13.3. The van der Waals surface area contributed by atoms with Crippen molar-refractivity contribution < 1.29 is 17.9 Å². The quantitative estimate of drug-likeness (QED) is 0.250. The molecule has 2 heterocycles. The minimum Gasteiger partial charge on any atom is -0.482 e. The number of carbonyl (C=O) groups excluding carboxylic acids is 1. The number of anilines is 1. The van der Waals surface area contributed by atoms with Gasteiger partial charge in [-0.2, -0.15) is 4.31 Å². The summed E-state index contributed by atoms with van der Waals surface area (Å²) in [4.78, 5) is 12.8. The number of fused-ring (bicyclic) bond motifs is 4. The number of sulfonamides is 1. The first-order valence-electron chi connectivity index (χ1n) is 13.2. The molecule has 0 saturated carbocycles. The number of aryl methyl sites for hydroxylation is 1. The van der Waals surface area contributed by atoms with E-state index in [0.29, 0.717) is 25.2 Å². The SMILES string of the molecule is CCn1c2ccccc2c2cc(NC(=O)COc3ccc(S(=O)(=O)N4CCc5ccccc5C4)cc3Cl)ccc21. The van der Waals surface area contributed by atoms with Crippen molar-refractivity contribution in [1.82, 2.24) is 8.87 Å². The van der Waals surface area contributed by atoms with Crippen LogP contribution in [-0.4, -0.2) is 36.3 Å². The summed E-state index contributed by atoms with van der Waals surface area (Å²) in [5.41, 5.74) is 5.09. The molecule has 40 heavy (non-hydrogen) atoms. The fraction of sp³-hybridized carbons (Fsp3) is 0.194. The van der Waals surface area contributed by atoms with Crippen LogP contribution in [0.2, 0.25) is 5.02 Å². The predicted molar refractivity (Wildman–Crippen MR) is 158 cm³/mol. The second-order valence-corrected chi connectivity index (χ2v) is 12.1. The summed E-state index contributed by atoms with van der Waals surface area (Å²) in [6.07, 6.45) is 0.660. The topological polar surface area (TPSA) is 80.6 Å². The van der Waals surface area contributed by atoms with Crippen LogP contribution in [-0.2, 0) is 34.3 Å². The molecule has 1 N–H and O–H groups in total. The third-order valence-electron chi connectivity index (χ3n) is 7.37. The van der Waals surface area contributed by atoms with E-state index < -0.39 is 10.0 Å². The zero-order valence-electron chi connectivity index (χ0n) is 21.9. The number of hydrogen-bond donors (Lipinski definition) is 1. The van der Waals surface area contributed by atoms with Crippen LogP contribution in [0.3, 0.4) is 0 Å². The molecule has 5 aromatic rings. The average molecular weight is 574 g/mol. The van der Waals surface area contributed by atoms with E-state index in [1.54, 1.807) is 0 Å². The number of carbonyl (C=O) groups is 1. The number of nitrogens with one attached hydrogen (secondary N) is 1. The number of aromatic nitrogens is 1. The Hall–Kier alpha value is -3.85. The number of nitrogens with zero attached hydrogens (tertiary/aromatic N) is 2. The second kappa shape index (κ2) is 10.6. The third kappa shape index (κ3) is 4.83. The van der Waals surface area contributed by atoms with Crippen molar-refractivity contribution in [1.29, 1.82) is 0 Å². The van der Waals surface area contributed by atoms with Gasteiger partial charge in [-0.25, -0.2) is 8.42 Å². The highest BCUT2D eigenvalue weighted by Crippen LogP contribution is 2.32. The smallest absolute Gasteiger partial charge is 0.262 e. The van der Waals surface area contributed by atoms with Gasteiger partial charge in [0.1, 0.15) is 5.75 Å². The zero-order chi connectivity index (χ0) is 27.9. The molecule has 0 radical (unpaired) electrons. The number of ether oxygens (including phenoxy) is 1. The van der Waals surface area contributed by atoms with Crippen molar-refractivity contribution >= 4 is 55.0 Å². The summed E-state index contributed by atoms with van der Waals surface area (Å²) in [7, 11) is -3.74. The van der Waals surface area contributed by atoms with Crippen molar-refractivity contribution in [2.45, 2.75) is 31.3 Å². The van der Waals surface area contributed by atoms with E-state index in [1.165, 1.54) is 28.1 Å². The van der Waals surface area contributed by atoms with Gasteiger partial charge in [0.15, 0.2) is 6.61 Å². The molecule has 0 atom stereocenters. The molecule has 1 amide bonds. The number of halogens is 1. The van der Waals surface area contributed by atoms with Crippen LogP contribution < -0.4 is 10.1 Å². The van der Waals surface area contributed by atoms with Crippen molar-refractivity contribution in [2.24, 2.45) is 0 Å². The normalized spacial score (nSPS) is 13.8. The van der Waals surface area contributed by atoms with E-state index in [4.69, 9.17) is 16.3 Å². The summed E-state index contributed by atoms with van der Waals surface area (Å²) >= 11 is 6.39. The molecule has 0 aliphatic carbocycles. The first kappa shape index (κ1) is 26.4. The molecule has 1 aromatic heterocycles. The molecular weight excluding hydrogens is 546 g/mol. The van der Waals surface area contributed by atoms with Gasteiger partial charge in [0.25, 0.3) is 5.91 Å². The Labute approximate surface area is 238 Å². The number of rotatable bonds is 7. The monoisotopic (exact) mass is 573 g/mol. The molecule has 6 rings (SSSR count). The Morgan fingerprint density at radius 1 is 0.925 bits per heavy atom. The molecule has 0 spiro atoms. The van der Waals surface area contributed by atoms with Crippen LogP contribution in [0.15, 0.2) is 89.8 Å². The highest BCUT2D eigenvalue weighted by atomic mass is 35.5. The maximum atomic E-state index is 13.3. The van der Waals surface area contributed by atoms with Gasteiger partial charge in [-0.05, 0) is 66.9 Å². The van der Waals surface area contributed by atoms with Crippen LogP contribution in [0.25, 0.3) is 21.8 Å². The molecule has 4 aromatic carbocycles. The van der Waals surface area contributed by atoms with Crippen molar-refractivity contribution in [3.63, 3.8) is 0 Å². The number of para-hydroxylation sites is 1. The first-order chi connectivity index (χ1) is 19.3. The second-order valence-electron chi connectivity index (χ2n) is 9.78. The van der Waals surface area contributed by atoms with Gasteiger partial charge in [-0.15, -0.1) is 0 Å². The molecule has 9 heteroatoms. The molecule has 204 valence electrons. The van der Waals surface area contributed by atoms with Crippen LogP contribution in [0, 0.1) is 0 Å². The fourth-order valence-electron chi connectivity index (χ4n) is 5.40. The molecule has 1 aliphatic heterocycles. The van der Waals surface area contributed by atoms with E-state index in [9.17, 15) is 13.2 Å². The number of amides is 1. The minimum absolute atomic E-state index is 0.0910. The Kier molecular flexibility index (Phi) is 7.00. The molecule has 0 bridgehead atoms. The first-order valence-corrected chi connectivity index (χ1v) is 15.0. The van der Waals surface area contributed by atoms with E-state index in [-0.39, 0.29) is 28.2 Å². The van der Waals surface area contributed by atoms with Gasteiger partial charge >= 0.3 is 0 Å². The lowest BCUT2D eigenvalue weighted by atomic mass is 10.0. The Bertz CT molecular complexity index is 1870. The molecule has 7 nitrogen and oxygen atoms in total. The van der Waals surface area contributed by atoms with Crippen LogP contribution in [0.4, 0.5) is 5.69 Å². The van der Waals surface area contributed by atoms with Gasteiger partial charge < -0.3 is 14.6 Å². The average Bonchev–Trinajstić information content (AvgIpc) is 3.29. The van der Waals surface area contributed by atoms with Gasteiger partial charge in [-0.1, -0.05) is 54.1 Å². The third-order valence-corrected chi connectivity index (χ3v) is 9.50. The summed E-state index contributed by atoms with van der Waals surface area (Å²) < 4.78 is 35.9. The van der Waals surface area contributed by atoms with Crippen LogP contribution >= 0.6 is 11.6 Å². The molecule has 0 unspecified atom stereocenters. The van der Waals surface area contributed by atoms with E-state index in [1.807, 2.05) is 54.6 Å². The van der Waals surface area contributed by atoms with E-state index >= 15 is 0 Å². The fourth-order valence-corrected chi connectivity index (χ4v) is 7.14. The lowest BCUT2D eigenvalue weighted by Gasteiger charge is -2.28. The van der Waals surface area contributed by atoms with Crippen LogP contribution in [0.1, 0.15) is 18.1 Å². The van der Waals surface area contributed by atoms with E-state index in [2.05, 4.69) is 28.9 Å². The summed E-state index contributed by atoms with van der Waals surface area (Å²) in [5, 5.41) is 5.20. The highest BCUT2D eigenvalue weighted by molar-refractivity contribution is 7.89. The number of hydrogen-bond acceptors (Lipinski definition) is 4. The van der Waals surface area contributed by atoms with Gasteiger partial charge in [0, 0.05) is 47.1 Å². The summed E-state index contributed by atoms with van der Waals surface area (Å²) in [6, 6.07) is 26.2. The summed E-state index contributed by atoms with van der Waals surface area (Å²) in [5.74, 6) is -0.112. The van der Waals surface area contributed by atoms with Gasteiger partial charge in [0.05, 0.1) is 9.92 Å². The number of benzene rings is 4. The summed E-state index contributed by atoms with van der Waals surface area (Å²) in [6.45, 7) is 3.40. The largest absolute Gasteiger partial charge is 0.482 e. The molecular formula is C31H28ClN3O4S. The lowest BCUT2D eigenvalue weighted by Crippen LogP contribution is -2.35. The van der Waals surface area contributed by atoms with Crippen molar-refractivity contribution in [2.75, 3.05) is 18.5 Å². The predicted octanol–water partition coefficient (Wildman–Crippen LogP) is 6.23. The molecule has 0 fully saturated rings. The van der Waals surface area contributed by atoms with Crippen LogP contribution in [0.5, 0.6) is 5.75 Å². The minimum atomic E-state index is -3.74. The standard InChI is InChI=1S/C31H28ClN3O4S/c1-2-35-28-10-6-5-9-25(28)26-17-23(11-13-29(26)35)33-31(36)20-39-30-14-12-24(18-27(30)32)40(37,38)34-16-15-21-7-3-4-8-22(21)19-34/h3-14,17-18H,2,15-16,19-20H2,1H3,(H,33,36). The Balaban J connectivity index is 1.13. The Morgan fingerprint density at radius 2 is 1.68 bits per heavy atom. The van der Waals surface area contributed by atoms with Gasteiger partial charge in [-0.3, -0.25) is 4.79 Å². The maximum Gasteiger partial charge on any atom is 0.262 e. The highest BCUT2D eigenvalue weighted by Gasteiger charge is 2.28. The van der Waals surface area contributed by atoms with Crippen molar-refractivity contribution in [3.8, 4) is 5.75 Å². The van der Waals surface area contributed by atoms with E-state index in [0.717, 1.165) is 33.9 Å².